The summed E-state index contributed by atoms with van der Waals surface area (Å²) in [6.07, 6.45) is 3.81. The Balaban J connectivity index is 2.07. The van der Waals surface area contributed by atoms with Gasteiger partial charge in [0, 0.05) is 19.6 Å². The third-order valence-corrected chi connectivity index (χ3v) is 4.42. The van der Waals surface area contributed by atoms with Crippen molar-refractivity contribution in [1.82, 2.24) is 19.3 Å². The van der Waals surface area contributed by atoms with E-state index in [4.69, 9.17) is 10.5 Å². The van der Waals surface area contributed by atoms with Gasteiger partial charge in [0.2, 0.25) is 5.95 Å². The average Bonchev–Trinajstić information content (AvgIpc) is 3.21. The summed E-state index contributed by atoms with van der Waals surface area (Å²) >= 11 is 0. The van der Waals surface area contributed by atoms with Crippen LogP contribution in [0.25, 0.3) is 11.0 Å². The van der Waals surface area contributed by atoms with Crippen LogP contribution in [-0.2, 0) is 13.1 Å². The van der Waals surface area contributed by atoms with Gasteiger partial charge in [-0.3, -0.25) is 14.8 Å². The number of rotatable bonds is 7. The van der Waals surface area contributed by atoms with Crippen molar-refractivity contribution in [2.45, 2.75) is 33.9 Å². The first-order valence-corrected chi connectivity index (χ1v) is 9.24. The van der Waals surface area contributed by atoms with E-state index < -0.39 is 0 Å². The molecule has 2 aromatic heterocycles. The number of anilines is 1. The Morgan fingerprint density at radius 1 is 1.29 bits per heavy atom. The summed E-state index contributed by atoms with van der Waals surface area (Å²) in [5, 5.41) is 7.27. The number of nitrogens with two attached hydrogens (primary N) is 1. The molecule has 148 valence electrons. The molecule has 0 aliphatic heterocycles. The van der Waals surface area contributed by atoms with Crippen molar-refractivity contribution in [3.05, 3.63) is 47.3 Å². The van der Waals surface area contributed by atoms with E-state index in [-0.39, 0.29) is 5.91 Å². The molecule has 0 bridgehead atoms. The van der Waals surface area contributed by atoms with E-state index in [1.165, 1.54) is 0 Å². The summed E-state index contributed by atoms with van der Waals surface area (Å²) in [5.41, 5.74) is 9.48. The zero-order valence-corrected chi connectivity index (χ0v) is 16.7. The molecule has 28 heavy (non-hydrogen) atoms. The number of aryl methyl sites for hydroxylation is 3. The summed E-state index contributed by atoms with van der Waals surface area (Å²) < 4.78 is 9.15. The van der Waals surface area contributed by atoms with Gasteiger partial charge in [0.15, 0.2) is 0 Å². The largest absolute Gasteiger partial charge is 0.494 e. The molecule has 0 aliphatic carbocycles. The van der Waals surface area contributed by atoms with Crippen molar-refractivity contribution in [3.8, 4) is 5.75 Å². The van der Waals surface area contributed by atoms with Gasteiger partial charge >= 0.3 is 0 Å². The Morgan fingerprint density at radius 3 is 2.75 bits per heavy atom. The van der Waals surface area contributed by atoms with Crippen LogP contribution in [0.15, 0.2) is 30.4 Å². The highest BCUT2D eigenvalue weighted by Crippen LogP contribution is 2.30. The molecule has 0 radical (unpaired) electrons. The molecule has 0 aliphatic rings. The number of hydrogen-bond donors (Lipinski definition) is 2. The van der Waals surface area contributed by atoms with Gasteiger partial charge in [-0.15, -0.1) is 0 Å². The van der Waals surface area contributed by atoms with E-state index >= 15 is 0 Å². The molecule has 0 spiro atoms. The molecule has 2 heterocycles. The number of amides is 1. The monoisotopic (exact) mass is 382 g/mol. The Labute approximate surface area is 164 Å². The first-order valence-electron chi connectivity index (χ1n) is 9.24. The molecule has 0 fully saturated rings. The highest BCUT2D eigenvalue weighted by atomic mass is 16.5. The fraction of sp³-hybridized carbons (Fsp3) is 0.350. The number of carbonyl (C=O) groups excluding carboxylic acids is 1. The summed E-state index contributed by atoms with van der Waals surface area (Å²) in [6, 6.07) is 5.69. The molecule has 8 nitrogen and oxygen atoms in total. The number of carbonyl (C=O) groups is 1. The number of nitrogens with one attached hydrogen (secondary N) is 1. The van der Waals surface area contributed by atoms with Gasteiger partial charge in [-0.1, -0.05) is 12.2 Å². The van der Waals surface area contributed by atoms with E-state index in [0.717, 1.165) is 22.3 Å². The second-order valence-electron chi connectivity index (χ2n) is 6.53. The van der Waals surface area contributed by atoms with Crippen LogP contribution < -0.4 is 15.8 Å². The van der Waals surface area contributed by atoms with Crippen LogP contribution in [0.2, 0.25) is 0 Å². The summed E-state index contributed by atoms with van der Waals surface area (Å²) in [6.45, 7) is 7.36. The fourth-order valence-electron chi connectivity index (χ4n) is 3.20. The maximum Gasteiger partial charge on any atom is 0.276 e. The minimum absolute atomic E-state index is 0.252. The first-order chi connectivity index (χ1) is 13.5. The third kappa shape index (κ3) is 3.77. The molecule has 1 amide bonds. The van der Waals surface area contributed by atoms with Gasteiger partial charge in [0.25, 0.3) is 5.91 Å². The second kappa shape index (κ2) is 8.26. The van der Waals surface area contributed by atoms with Gasteiger partial charge in [-0.25, -0.2) is 4.98 Å². The summed E-state index contributed by atoms with van der Waals surface area (Å²) in [5.74, 6) is 0.906. The number of aromatic nitrogens is 4. The zero-order chi connectivity index (χ0) is 20.3. The molecular weight excluding hydrogens is 356 g/mol. The Bertz CT molecular complexity index is 1030. The van der Waals surface area contributed by atoms with E-state index in [9.17, 15) is 4.79 Å². The van der Waals surface area contributed by atoms with Crippen molar-refractivity contribution >= 4 is 22.9 Å². The zero-order valence-electron chi connectivity index (χ0n) is 16.7. The molecule has 0 unspecified atom stereocenters. The van der Waals surface area contributed by atoms with Crippen LogP contribution in [0.4, 0.5) is 5.95 Å². The lowest BCUT2D eigenvalue weighted by Crippen LogP contribution is -2.20. The van der Waals surface area contributed by atoms with Gasteiger partial charge in [-0.05, 0) is 44.5 Å². The molecule has 3 rings (SSSR count). The second-order valence-corrected chi connectivity index (χ2v) is 6.53. The van der Waals surface area contributed by atoms with E-state index in [0.29, 0.717) is 37.0 Å². The Kier molecular flexibility index (Phi) is 5.79. The van der Waals surface area contributed by atoms with Crippen LogP contribution in [0.1, 0.15) is 28.7 Å². The normalized spacial score (nSPS) is 11.5. The molecule has 1 aromatic carbocycles. The van der Waals surface area contributed by atoms with Crippen LogP contribution in [0.3, 0.4) is 0 Å². The lowest BCUT2D eigenvalue weighted by molar-refractivity contribution is 0.101. The van der Waals surface area contributed by atoms with Crippen molar-refractivity contribution < 1.29 is 9.53 Å². The minimum atomic E-state index is -0.252. The summed E-state index contributed by atoms with van der Waals surface area (Å²) in [7, 11) is 1.63. The topological polar surface area (TPSA) is 100.0 Å². The SMILES string of the molecule is CCn1nc(C)cc1C(=O)Nc1nc2cc(C)cc(OC)c2n1C/C=C/CN. The lowest BCUT2D eigenvalue weighted by atomic mass is 10.2. The maximum absolute atomic E-state index is 12.9. The Hall–Kier alpha value is -3.13. The van der Waals surface area contributed by atoms with E-state index in [1.807, 2.05) is 49.6 Å². The highest BCUT2D eigenvalue weighted by molar-refractivity contribution is 6.03. The molecule has 0 atom stereocenters. The number of nitrogens with zero attached hydrogens (tertiary/aromatic N) is 4. The van der Waals surface area contributed by atoms with Crippen molar-refractivity contribution in [2.75, 3.05) is 19.0 Å². The van der Waals surface area contributed by atoms with Crippen molar-refractivity contribution in [3.63, 3.8) is 0 Å². The first kappa shape index (κ1) is 19.6. The van der Waals surface area contributed by atoms with Gasteiger partial charge in [0.1, 0.15) is 17.0 Å². The molecule has 3 aromatic rings. The van der Waals surface area contributed by atoms with Gasteiger partial charge < -0.3 is 15.0 Å². The van der Waals surface area contributed by atoms with Crippen LogP contribution in [0.5, 0.6) is 5.75 Å². The standard InChI is InChI=1S/C20H26N6O2/c1-5-26-16(12-14(3)24-26)19(27)23-20-22-15-10-13(2)11-17(28-4)18(15)25(20)9-7-6-8-21/h6-7,10-12H,5,8-9,21H2,1-4H3,(H,22,23,27)/b7-6+. The predicted molar refractivity (Wildman–Crippen MR) is 110 cm³/mol. The van der Waals surface area contributed by atoms with Crippen LogP contribution in [0, 0.1) is 13.8 Å². The fourth-order valence-corrected chi connectivity index (χ4v) is 3.20. The third-order valence-electron chi connectivity index (χ3n) is 4.42. The van der Waals surface area contributed by atoms with E-state index in [1.54, 1.807) is 17.9 Å². The quantitative estimate of drug-likeness (QED) is 0.612. The number of ether oxygens (including phenoxy) is 1. The average molecular weight is 382 g/mol. The molecule has 0 saturated carbocycles. The molecular formula is C20H26N6O2. The van der Waals surface area contributed by atoms with Crippen LogP contribution in [-0.4, -0.2) is 38.9 Å². The smallest absolute Gasteiger partial charge is 0.276 e. The number of hydrogen-bond acceptors (Lipinski definition) is 5. The van der Waals surface area contributed by atoms with E-state index in [2.05, 4.69) is 15.4 Å². The lowest BCUT2D eigenvalue weighted by Gasteiger charge is -2.11. The molecule has 8 heteroatoms. The summed E-state index contributed by atoms with van der Waals surface area (Å²) in [4.78, 5) is 17.5. The highest BCUT2D eigenvalue weighted by Gasteiger charge is 2.19. The number of fused-ring (bicyclic) bond motifs is 1. The maximum atomic E-state index is 12.9. The molecule has 3 N–H and O–H groups in total. The predicted octanol–water partition coefficient (Wildman–Crippen LogP) is 2.65. The number of allylic oxidation sites excluding steroid dienone is 1. The van der Waals surface area contributed by atoms with Crippen molar-refractivity contribution in [2.24, 2.45) is 5.73 Å². The number of benzene rings is 1. The number of imidazole rings is 1. The van der Waals surface area contributed by atoms with Crippen LogP contribution >= 0.6 is 0 Å². The molecule has 0 saturated heterocycles. The van der Waals surface area contributed by atoms with Gasteiger partial charge in [-0.2, -0.15) is 5.10 Å². The van der Waals surface area contributed by atoms with Gasteiger partial charge in [0.05, 0.1) is 18.3 Å². The van der Waals surface area contributed by atoms with Crippen molar-refractivity contribution in [1.29, 1.82) is 0 Å². The Morgan fingerprint density at radius 2 is 2.07 bits per heavy atom. The number of methoxy groups -OCH3 is 1. The minimum Gasteiger partial charge on any atom is -0.494 e.